The van der Waals surface area contributed by atoms with Gasteiger partial charge in [-0.3, -0.25) is 4.79 Å². The molecule has 1 aromatic rings. The molecule has 1 amide bonds. The lowest BCUT2D eigenvalue weighted by atomic mass is 9.88. The first-order chi connectivity index (χ1) is 8.80. The summed E-state index contributed by atoms with van der Waals surface area (Å²) in [6, 6.07) is 3.80. The average molecular weight is 307 g/mol. The van der Waals surface area contributed by atoms with E-state index in [9.17, 15) is 13.6 Å². The zero-order valence-corrected chi connectivity index (χ0v) is 12.7. The van der Waals surface area contributed by atoms with E-state index in [0.717, 1.165) is 6.07 Å². The number of halogens is 3. The van der Waals surface area contributed by atoms with Crippen molar-refractivity contribution in [3.05, 3.63) is 35.4 Å². The summed E-state index contributed by atoms with van der Waals surface area (Å²) in [5, 5.41) is 2.78. The van der Waals surface area contributed by atoms with Gasteiger partial charge in [0, 0.05) is 12.1 Å². The Labute approximate surface area is 124 Å². The quantitative estimate of drug-likeness (QED) is 0.878. The summed E-state index contributed by atoms with van der Waals surface area (Å²) < 4.78 is 26.5. The summed E-state index contributed by atoms with van der Waals surface area (Å²) >= 11 is 0. The van der Waals surface area contributed by atoms with Crippen molar-refractivity contribution in [3.8, 4) is 0 Å². The lowest BCUT2D eigenvalue weighted by Crippen LogP contribution is -2.55. The van der Waals surface area contributed by atoms with Crippen LogP contribution in [-0.4, -0.2) is 18.0 Å². The van der Waals surface area contributed by atoms with E-state index in [1.807, 2.05) is 20.8 Å². The minimum Gasteiger partial charge on any atom is -0.349 e. The third-order valence-corrected chi connectivity index (χ3v) is 3.51. The number of nitrogens with two attached hydrogens (primary N) is 1. The van der Waals surface area contributed by atoms with Crippen molar-refractivity contribution in [1.29, 1.82) is 0 Å². The molecule has 0 bridgehead atoms. The second kappa shape index (κ2) is 7.55. The fourth-order valence-corrected chi connectivity index (χ4v) is 1.65. The molecule has 3 nitrogen and oxygen atoms in total. The maximum Gasteiger partial charge on any atom is 0.225 e. The SMILES string of the molecule is CC(C)C(C)(CN)NC(=O)Cc1cccc(F)c1F.Cl. The molecule has 6 heteroatoms. The third kappa shape index (κ3) is 4.42. The molecule has 0 aliphatic heterocycles. The van der Waals surface area contributed by atoms with Gasteiger partial charge >= 0.3 is 0 Å². The molecule has 1 aromatic carbocycles. The molecular formula is C14H21ClF2N2O. The topological polar surface area (TPSA) is 55.1 Å². The largest absolute Gasteiger partial charge is 0.349 e. The highest BCUT2D eigenvalue weighted by molar-refractivity contribution is 5.85. The highest BCUT2D eigenvalue weighted by atomic mass is 35.5. The van der Waals surface area contributed by atoms with Crippen molar-refractivity contribution in [1.82, 2.24) is 5.32 Å². The molecular weight excluding hydrogens is 286 g/mol. The highest BCUT2D eigenvalue weighted by Crippen LogP contribution is 2.16. The zero-order valence-electron chi connectivity index (χ0n) is 11.9. The molecule has 0 aromatic heterocycles. The first-order valence-electron chi connectivity index (χ1n) is 6.24. The van der Waals surface area contributed by atoms with Crippen molar-refractivity contribution in [3.63, 3.8) is 0 Å². The number of nitrogens with one attached hydrogen (secondary N) is 1. The van der Waals surface area contributed by atoms with Gasteiger partial charge in [-0.15, -0.1) is 12.4 Å². The van der Waals surface area contributed by atoms with Crippen LogP contribution in [0.2, 0.25) is 0 Å². The van der Waals surface area contributed by atoms with Crippen LogP contribution >= 0.6 is 12.4 Å². The van der Waals surface area contributed by atoms with Crippen LogP contribution in [0.5, 0.6) is 0 Å². The Hall–Kier alpha value is -1.20. The molecule has 1 unspecified atom stereocenters. The monoisotopic (exact) mass is 306 g/mol. The van der Waals surface area contributed by atoms with Gasteiger partial charge in [0.25, 0.3) is 0 Å². The van der Waals surface area contributed by atoms with Crippen LogP contribution in [-0.2, 0) is 11.2 Å². The first-order valence-corrected chi connectivity index (χ1v) is 6.24. The number of amides is 1. The number of carbonyl (C=O) groups excluding carboxylic acids is 1. The van der Waals surface area contributed by atoms with Crippen LogP contribution in [0.1, 0.15) is 26.3 Å². The standard InChI is InChI=1S/C14H20F2N2O.ClH/c1-9(2)14(3,8-17)18-12(19)7-10-5-4-6-11(15)13(10)16;/h4-6,9H,7-8,17H2,1-3H3,(H,18,19);1H. The van der Waals surface area contributed by atoms with Gasteiger partial charge in [0.05, 0.1) is 12.0 Å². The van der Waals surface area contributed by atoms with E-state index in [4.69, 9.17) is 5.73 Å². The van der Waals surface area contributed by atoms with Crippen LogP contribution in [0.15, 0.2) is 18.2 Å². The highest BCUT2D eigenvalue weighted by Gasteiger charge is 2.28. The Bertz CT molecular complexity index is 468. The maximum absolute atomic E-state index is 13.5. The average Bonchev–Trinajstić information content (AvgIpc) is 2.34. The number of hydrogen-bond acceptors (Lipinski definition) is 2. The van der Waals surface area contributed by atoms with Crippen molar-refractivity contribution in [2.75, 3.05) is 6.54 Å². The minimum atomic E-state index is -0.975. The Morgan fingerprint density at radius 1 is 1.40 bits per heavy atom. The van der Waals surface area contributed by atoms with Gasteiger partial charge in [-0.25, -0.2) is 8.78 Å². The fourth-order valence-electron chi connectivity index (χ4n) is 1.65. The molecule has 3 N–H and O–H groups in total. The van der Waals surface area contributed by atoms with Gasteiger partial charge in [0.15, 0.2) is 11.6 Å². The number of rotatable bonds is 5. The molecule has 0 heterocycles. The summed E-state index contributed by atoms with van der Waals surface area (Å²) in [6.07, 6.45) is -0.202. The van der Waals surface area contributed by atoms with E-state index in [2.05, 4.69) is 5.32 Å². The van der Waals surface area contributed by atoms with E-state index in [1.54, 1.807) is 0 Å². The summed E-state index contributed by atoms with van der Waals surface area (Å²) in [7, 11) is 0. The molecule has 114 valence electrons. The van der Waals surface area contributed by atoms with E-state index in [1.165, 1.54) is 12.1 Å². The number of hydrogen-bond donors (Lipinski definition) is 2. The second-order valence-corrected chi connectivity index (χ2v) is 5.21. The zero-order chi connectivity index (χ0) is 14.6. The molecule has 0 radical (unpaired) electrons. The molecule has 1 rings (SSSR count). The van der Waals surface area contributed by atoms with Gasteiger partial charge < -0.3 is 11.1 Å². The smallest absolute Gasteiger partial charge is 0.225 e. The van der Waals surface area contributed by atoms with Crippen LogP contribution in [0.3, 0.4) is 0 Å². The van der Waals surface area contributed by atoms with E-state index >= 15 is 0 Å². The molecule has 0 aliphatic carbocycles. The molecule has 20 heavy (non-hydrogen) atoms. The van der Waals surface area contributed by atoms with Crippen molar-refractivity contribution < 1.29 is 13.6 Å². The van der Waals surface area contributed by atoms with Crippen molar-refractivity contribution in [2.24, 2.45) is 11.7 Å². The molecule has 0 aliphatic rings. The molecule has 1 atom stereocenters. The van der Waals surface area contributed by atoms with Crippen molar-refractivity contribution >= 4 is 18.3 Å². The van der Waals surface area contributed by atoms with Gasteiger partial charge in [-0.1, -0.05) is 26.0 Å². The first kappa shape index (κ1) is 18.8. The molecule has 0 fully saturated rings. The Kier molecular flexibility index (Phi) is 7.09. The van der Waals surface area contributed by atoms with Gasteiger partial charge in [0.1, 0.15) is 0 Å². The molecule has 0 saturated carbocycles. The minimum absolute atomic E-state index is 0. The van der Waals surface area contributed by atoms with Crippen LogP contribution in [0.25, 0.3) is 0 Å². The van der Waals surface area contributed by atoms with Crippen molar-refractivity contribution in [2.45, 2.75) is 32.7 Å². The third-order valence-electron chi connectivity index (χ3n) is 3.51. The second-order valence-electron chi connectivity index (χ2n) is 5.21. The fraction of sp³-hybridized carbons (Fsp3) is 0.500. The van der Waals surface area contributed by atoms with Crippen LogP contribution in [0.4, 0.5) is 8.78 Å². The normalized spacial score (nSPS) is 13.6. The van der Waals surface area contributed by atoms with E-state index in [-0.39, 0.29) is 42.8 Å². The predicted octanol–water partition coefficient (Wildman–Crippen LogP) is 2.42. The van der Waals surface area contributed by atoms with Gasteiger partial charge in [-0.05, 0) is 18.9 Å². The Morgan fingerprint density at radius 3 is 2.50 bits per heavy atom. The summed E-state index contributed by atoms with van der Waals surface area (Å²) in [6.45, 7) is 5.99. The van der Waals surface area contributed by atoms with Gasteiger partial charge in [0.2, 0.25) is 5.91 Å². The molecule has 0 spiro atoms. The summed E-state index contributed by atoms with van der Waals surface area (Å²) in [5.74, 6) is -2.16. The number of benzene rings is 1. The van der Waals surface area contributed by atoms with E-state index in [0.29, 0.717) is 0 Å². The lowest BCUT2D eigenvalue weighted by Gasteiger charge is -2.33. The lowest BCUT2D eigenvalue weighted by molar-refractivity contribution is -0.122. The van der Waals surface area contributed by atoms with Gasteiger partial charge in [-0.2, -0.15) is 0 Å². The maximum atomic E-state index is 13.5. The molecule has 0 saturated heterocycles. The predicted molar refractivity (Wildman–Crippen MR) is 77.8 cm³/mol. The van der Waals surface area contributed by atoms with Crippen LogP contribution in [0, 0.1) is 17.6 Å². The Morgan fingerprint density at radius 2 is 2.00 bits per heavy atom. The number of carbonyl (C=O) groups is 1. The van der Waals surface area contributed by atoms with E-state index < -0.39 is 17.2 Å². The summed E-state index contributed by atoms with van der Waals surface area (Å²) in [5.41, 5.74) is 5.14. The Balaban J connectivity index is 0.00000361. The summed E-state index contributed by atoms with van der Waals surface area (Å²) in [4.78, 5) is 11.9. The van der Waals surface area contributed by atoms with Crippen LogP contribution < -0.4 is 11.1 Å².